The lowest BCUT2D eigenvalue weighted by Gasteiger charge is -2.32. The van der Waals surface area contributed by atoms with Gasteiger partial charge < -0.3 is 10.0 Å². The Morgan fingerprint density at radius 2 is 1.83 bits per heavy atom. The number of halogens is 1. The highest BCUT2D eigenvalue weighted by molar-refractivity contribution is 9.10. The molecule has 0 saturated carbocycles. The van der Waals surface area contributed by atoms with E-state index < -0.39 is 0 Å². The molecule has 1 saturated heterocycles. The van der Waals surface area contributed by atoms with Crippen molar-refractivity contribution in [1.82, 2.24) is 4.90 Å². The van der Waals surface area contributed by atoms with Crippen molar-refractivity contribution >= 4 is 21.8 Å². The summed E-state index contributed by atoms with van der Waals surface area (Å²) in [4.78, 5) is 14.4. The summed E-state index contributed by atoms with van der Waals surface area (Å²) in [6, 6.07) is 15.6. The zero-order valence-corrected chi connectivity index (χ0v) is 15.2. The maximum atomic E-state index is 12.4. The fourth-order valence-electron chi connectivity index (χ4n) is 3.31. The van der Waals surface area contributed by atoms with Gasteiger partial charge in [0.2, 0.25) is 5.91 Å². The van der Waals surface area contributed by atoms with Crippen molar-refractivity contribution in [2.75, 3.05) is 13.1 Å². The third-order valence-electron chi connectivity index (χ3n) is 4.73. The Labute approximate surface area is 151 Å². The standard InChI is InChI=1S/C20H22BrNO2/c21-18-3-1-2-15(14-18)4-9-20(24)22-12-10-17(11-13-22)16-5-7-19(23)8-6-16/h1-3,5-8,14,17,23H,4,9-13H2. The van der Waals surface area contributed by atoms with Crippen LogP contribution in [0.15, 0.2) is 53.0 Å². The van der Waals surface area contributed by atoms with Crippen molar-refractivity contribution in [1.29, 1.82) is 0 Å². The normalized spacial score (nSPS) is 15.5. The molecule has 0 aliphatic carbocycles. The van der Waals surface area contributed by atoms with Gasteiger partial charge in [0.05, 0.1) is 0 Å². The monoisotopic (exact) mass is 387 g/mol. The molecule has 1 fully saturated rings. The summed E-state index contributed by atoms with van der Waals surface area (Å²) >= 11 is 3.47. The van der Waals surface area contributed by atoms with Crippen molar-refractivity contribution in [3.05, 3.63) is 64.1 Å². The zero-order valence-electron chi connectivity index (χ0n) is 13.6. The molecule has 24 heavy (non-hydrogen) atoms. The van der Waals surface area contributed by atoms with Gasteiger partial charge in [-0.3, -0.25) is 4.79 Å². The number of phenols is 1. The Bertz CT molecular complexity index is 691. The molecule has 0 spiro atoms. The van der Waals surface area contributed by atoms with Crippen LogP contribution in [0, 0.1) is 0 Å². The highest BCUT2D eigenvalue weighted by atomic mass is 79.9. The van der Waals surface area contributed by atoms with Crippen LogP contribution < -0.4 is 0 Å². The van der Waals surface area contributed by atoms with Crippen LogP contribution in [-0.4, -0.2) is 29.0 Å². The van der Waals surface area contributed by atoms with Gasteiger partial charge >= 0.3 is 0 Å². The first kappa shape index (κ1) is 17.0. The van der Waals surface area contributed by atoms with Gasteiger partial charge in [0.15, 0.2) is 0 Å². The minimum Gasteiger partial charge on any atom is -0.508 e. The largest absolute Gasteiger partial charge is 0.508 e. The molecule has 4 heteroatoms. The number of rotatable bonds is 4. The van der Waals surface area contributed by atoms with Gasteiger partial charge in [-0.2, -0.15) is 0 Å². The fourth-order valence-corrected chi connectivity index (χ4v) is 3.76. The van der Waals surface area contributed by atoms with Gasteiger partial charge in [0.25, 0.3) is 0 Å². The zero-order chi connectivity index (χ0) is 16.9. The molecule has 1 aliphatic heterocycles. The lowest BCUT2D eigenvalue weighted by molar-refractivity contribution is -0.132. The molecule has 0 atom stereocenters. The van der Waals surface area contributed by atoms with Crippen LogP contribution in [0.25, 0.3) is 0 Å². The summed E-state index contributed by atoms with van der Waals surface area (Å²) < 4.78 is 1.06. The number of amides is 1. The summed E-state index contributed by atoms with van der Waals surface area (Å²) in [6.07, 6.45) is 3.34. The van der Waals surface area contributed by atoms with Crippen LogP contribution in [-0.2, 0) is 11.2 Å². The predicted octanol–water partition coefficient (Wildman–Crippen LogP) is 4.49. The molecule has 1 N–H and O–H groups in total. The molecule has 2 aromatic carbocycles. The molecule has 0 aromatic heterocycles. The van der Waals surface area contributed by atoms with Gasteiger partial charge in [-0.1, -0.05) is 40.2 Å². The van der Waals surface area contributed by atoms with Crippen LogP contribution >= 0.6 is 15.9 Å². The Kier molecular flexibility index (Phi) is 5.56. The molecule has 2 aromatic rings. The number of phenolic OH excluding ortho intramolecular Hbond substituents is 1. The molecule has 1 amide bonds. The number of nitrogens with zero attached hydrogens (tertiary/aromatic N) is 1. The number of hydrogen-bond acceptors (Lipinski definition) is 2. The van der Waals surface area contributed by atoms with E-state index in [0.29, 0.717) is 18.1 Å². The molecule has 126 valence electrons. The van der Waals surface area contributed by atoms with Crippen LogP contribution in [0.5, 0.6) is 5.75 Å². The number of piperidine rings is 1. The topological polar surface area (TPSA) is 40.5 Å². The quantitative estimate of drug-likeness (QED) is 0.838. The second kappa shape index (κ2) is 7.84. The smallest absolute Gasteiger partial charge is 0.222 e. The summed E-state index contributed by atoms with van der Waals surface area (Å²) in [5.74, 6) is 1.04. The first-order valence-corrected chi connectivity index (χ1v) is 9.22. The van der Waals surface area contributed by atoms with Gasteiger partial charge in [-0.05, 0) is 60.6 Å². The van der Waals surface area contributed by atoms with Gasteiger partial charge in [-0.15, -0.1) is 0 Å². The molecule has 0 radical (unpaired) electrons. The highest BCUT2D eigenvalue weighted by Gasteiger charge is 2.23. The summed E-state index contributed by atoms with van der Waals surface area (Å²) in [6.45, 7) is 1.64. The molecule has 1 heterocycles. The molecule has 1 aliphatic rings. The number of carbonyl (C=O) groups excluding carboxylic acids is 1. The average molecular weight is 388 g/mol. The number of aryl methyl sites for hydroxylation is 1. The molecule has 0 unspecified atom stereocenters. The Balaban J connectivity index is 1.49. The molecular weight excluding hydrogens is 366 g/mol. The van der Waals surface area contributed by atoms with Crippen LogP contribution in [0.3, 0.4) is 0 Å². The van der Waals surface area contributed by atoms with E-state index >= 15 is 0 Å². The van der Waals surface area contributed by atoms with Crippen molar-refractivity contribution in [2.24, 2.45) is 0 Å². The first-order valence-electron chi connectivity index (χ1n) is 8.43. The van der Waals surface area contributed by atoms with Crippen molar-refractivity contribution < 1.29 is 9.90 Å². The van der Waals surface area contributed by atoms with E-state index in [1.54, 1.807) is 12.1 Å². The summed E-state index contributed by atoms with van der Waals surface area (Å²) in [7, 11) is 0. The van der Waals surface area contributed by atoms with Crippen molar-refractivity contribution in [3.63, 3.8) is 0 Å². The fraction of sp³-hybridized carbons (Fsp3) is 0.350. The van der Waals surface area contributed by atoms with E-state index in [1.165, 1.54) is 11.1 Å². The SMILES string of the molecule is O=C(CCc1cccc(Br)c1)N1CCC(c2ccc(O)cc2)CC1. The number of carbonyl (C=O) groups is 1. The van der Waals surface area contributed by atoms with E-state index in [0.717, 1.165) is 36.8 Å². The predicted molar refractivity (Wildman–Crippen MR) is 99.1 cm³/mol. The lowest BCUT2D eigenvalue weighted by atomic mass is 9.89. The maximum Gasteiger partial charge on any atom is 0.222 e. The third-order valence-corrected chi connectivity index (χ3v) is 5.22. The van der Waals surface area contributed by atoms with Gasteiger partial charge in [-0.25, -0.2) is 0 Å². The van der Waals surface area contributed by atoms with E-state index in [4.69, 9.17) is 0 Å². The summed E-state index contributed by atoms with van der Waals surface area (Å²) in [5.41, 5.74) is 2.45. The van der Waals surface area contributed by atoms with E-state index in [1.807, 2.05) is 29.2 Å². The van der Waals surface area contributed by atoms with Crippen molar-refractivity contribution in [2.45, 2.75) is 31.6 Å². The highest BCUT2D eigenvalue weighted by Crippen LogP contribution is 2.29. The van der Waals surface area contributed by atoms with Gasteiger partial charge in [0.1, 0.15) is 5.75 Å². The molecule has 3 nitrogen and oxygen atoms in total. The van der Waals surface area contributed by atoms with E-state index in [-0.39, 0.29) is 5.91 Å². The second-order valence-corrected chi connectivity index (χ2v) is 7.29. The van der Waals surface area contributed by atoms with Crippen LogP contribution in [0.2, 0.25) is 0 Å². The first-order chi connectivity index (χ1) is 11.6. The van der Waals surface area contributed by atoms with Crippen LogP contribution in [0.4, 0.5) is 0 Å². The number of hydrogen-bond donors (Lipinski definition) is 1. The van der Waals surface area contributed by atoms with E-state index in [9.17, 15) is 9.90 Å². The molecular formula is C20H22BrNO2. The minimum atomic E-state index is 0.249. The third kappa shape index (κ3) is 4.38. The van der Waals surface area contributed by atoms with E-state index in [2.05, 4.69) is 28.1 Å². The molecule has 0 bridgehead atoms. The van der Waals surface area contributed by atoms with Crippen LogP contribution in [0.1, 0.15) is 36.3 Å². The summed E-state index contributed by atoms with van der Waals surface area (Å²) in [5, 5.41) is 9.38. The number of aromatic hydroxyl groups is 1. The number of benzene rings is 2. The maximum absolute atomic E-state index is 12.4. The van der Waals surface area contributed by atoms with Gasteiger partial charge in [0, 0.05) is 24.0 Å². The Hall–Kier alpha value is -1.81. The Morgan fingerprint density at radius 1 is 1.12 bits per heavy atom. The number of likely N-dealkylation sites (tertiary alicyclic amines) is 1. The molecule has 3 rings (SSSR count). The lowest BCUT2D eigenvalue weighted by Crippen LogP contribution is -2.38. The second-order valence-electron chi connectivity index (χ2n) is 6.38. The Morgan fingerprint density at radius 3 is 2.50 bits per heavy atom. The average Bonchev–Trinajstić information content (AvgIpc) is 2.61. The van der Waals surface area contributed by atoms with Crippen molar-refractivity contribution in [3.8, 4) is 5.75 Å². The minimum absolute atomic E-state index is 0.249.